The second-order valence-corrected chi connectivity index (χ2v) is 11.2. The third kappa shape index (κ3) is 5.99. The molecular weight excluding hydrogens is 498 g/mol. The lowest BCUT2D eigenvalue weighted by atomic mass is 10.0. The van der Waals surface area contributed by atoms with E-state index in [1.807, 2.05) is 12.1 Å². The summed E-state index contributed by atoms with van der Waals surface area (Å²) in [6.07, 6.45) is 2.17. The maximum atomic E-state index is 13.2. The van der Waals surface area contributed by atoms with Crippen LogP contribution in [-0.4, -0.2) is 71.5 Å². The van der Waals surface area contributed by atoms with Gasteiger partial charge < -0.3 is 19.5 Å². The van der Waals surface area contributed by atoms with Crippen molar-refractivity contribution >= 4 is 27.5 Å². The average molecular weight is 532 g/mol. The highest BCUT2D eigenvalue weighted by molar-refractivity contribution is 7.89. The fourth-order valence-corrected chi connectivity index (χ4v) is 5.96. The lowest BCUT2D eigenvalue weighted by Gasteiger charge is -2.31. The normalized spacial score (nSPS) is 16.6. The zero-order valence-electron chi connectivity index (χ0n) is 21.4. The number of nitrogens with one attached hydrogen (secondary N) is 1. The molecule has 0 radical (unpaired) electrons. The average Bonchev–Trinajstić information content (AvgIpc) is 2.90. The zero-order valence-corrected chi connectivity index (χ0v) is 22.2. The molecule has 11 heteroatoms. The van der Waals surface area contributed by atoms with Crippen molar-refractivity contribution in [2.75, 3.05) is 51.9 Å². The Kier molecular flexibility index (Phi) is 8.23. The fourth-order valence-electron chi connectivity index (χ4n) is 4.47. The Balaban J connectivity index is 1.43. The molecule has 0 aliphatic carbocycles. The second-order valence-electron chi connectivity index (χ2n) is 9.27. The van der Waals surface area contributed by atoms with Crippen LogP contribution in [0.5, 0.6) is 17.2 Å². The summed E-state index contributed by atoms with van der Waals surface area (Å²) < 4.78 is 44.0. The molecule has 0 atom stereocenters. The van der Waals surface area contributed by atoms with Crippen LogP contribution in [0.25, 0.3) is 0 Å². The lowest BCUT2D eigenvalue weighted by molar-refractivity contribution is -0.125. The largest absolute Gasteiger partial charge is 0.493 e. The molecule has 2 aromatic carbocycles. The van der Waals surface area contributed by atoms with Crippen molar-refractivity contribution in [1.82, 2.24) is 9.62 Å². The summed E-state index contributed by atoms with van der Waals surface area (Å²) in [5.74, 6) is 1.30. The standard InChI is InChI=1S/C26H33N3O7S/c1-18-9-12-28(13-10-18)37(32,33)20-5-7-22-21(15-20)29(26(31)17-36-22)16-25(30)27-11-8-19-4-6-23(34-2)24(14-19)35-3/h4-7,14-15,18H,8-13,16-17H2,1-3H3,(H,27,30). The molecule has 0 bridgehead atoms. The Bertz CT molecular complexity index is 1260. The minimum Gasteiger partial charge on any atom is -0.493 e. The van der Waals surface area contributed by atoms with Crippen LogP contribution in [0, 0.1) is 5.92 Å². The number of hydrogen-bond acceptors (Lipinski definition) is 7. The summed E-state index contributed by atoms with van der Waals surface area (Å²) in [4.78, 5) is 26.7. The van der Waals surface area contributed by atoms with E-state index in [9.17, 15) is 18.0 Å². The van der Waals surface area contributed by atoms with Crippen LogP contribution in [0.15, 0.2) is 41.3 Å². The van der Waals surface area contributed by atoms with Gasteiger partial charge in [0.1, 0.15) is 12.3 Å². The minimum atomic E-state index is -3.72. The van der Waals surface area contributed by atoms with Crippen LogP contribution in [0.2, 0.25) is 0 Å². The number of sulfonamides is 1. The number of fused-ring (bicyclic) bond motifs is 1. The molecule has 1 saturated heterocycles. The topological polar surface area (TPSA) is 114 Å². The summed E-state index contributed by atoms with van der Waals surface area (Å²) in [7, 11) is -0.599. The van der Waals surface area contributed by atoms with Crippen molar-refractivity contribution in [1.29, 1.82) is 0 Å². The van der Waals surface area contributed by atoms with Gasteiger partial charge in [0.15, 0.2) is 18.1 Å². The quantitative estimate of drug-likeness (QED) is 0.528. The highest BCUT2D eigenvalue weighted by Crippen LogP contribution is 2.35. The summed E-state index contributed by atoms with van der Waals surface area (Å²) in [5, 5.41) is 2.82. The number of methoxy groups -OCH3 is 2. The Morgan fingerprint density at radius 2 is 1.81 bits per heavy atom. The predicted molar refractivity (Wildman–Crippen MR) is 138 cm³/mol. The van der Waals surface area contributed by atoms with Gasteiger partial charge in [-0.3, -0.25) is 14.5 Å². The van der Waals surface area contributed by atoms with E-state index in [1.165, 1.54) is 21.3 Å². The van der Waals surface area contributed by atoms with E-state index in [0.29, 0.717) is 49.2 Å². The molecule has 2 heterocycles. The first-order valence-corrected chi connectivity index (χ1v) is 13.7. The number of piperidine rings is 1. The van der Waals surface area contributed by atoms with Gasteiger partial charge in [-0.15, -0.1) is 0 Å². The highest BCUT2D eigenvalue weighted by atomic mass is 32.2. The van der Waals surface area contributed by atoms with Gasteiger partial charge in [-0.25, -0.2) is 8.42 Å². The van der Waals surface area contributed by atoms with Gasteiger partial charge in [-0.1, -0.05) is 13.0 Å². The van der Waals surface area contributed by atoms with Crippen molar-refractivity contribution in [3.63, 3.8) is 0 Å². The predicted octanol–water partition coefficient (Wildman–Crippen LogP) is 2.21. The fraction of sp³-hybridized carbons (Fsp3) is 0.462. The third-order valence-electron chi connectivity index (χ3n) is 6.74. The van der Waals surface area contributed by atoms with E-state index in [-0.39, 0.29) is 29.6 Å². The second kappa shape index (κ2) is 11.4. The van der Waals surface area contributed by atoms with Crippen LogP contribution in [-0.2, 0) is 26.0 Å². The van der Waals surface area contributed by atoms with Crippen LogP contribution in [0.4, 0.5) is 5.69 Å². The van der Waals surface area contributed by atoms with Crippen LogP contribution >= 0.6 is 0 Å². The molecule has 200 valence electrons. The van der Waals surface area contributed by atoms with E-state index in [4.69, 9.17) is 14.2 Å². The number of carbonyl (C=O) groups excluding carboxylic acids is 2. The minimum absolute atomic E-state index is 0.0814. The Morgan fingerprint density at radius 1 is 1.08 bits per heavy atom. The summed E-state index contributed by atoms with van der Waals surface area (Å²) in [6, 6.07) is 10.00. The molecule has 1 N–H and O–H groups in total. The number of carbonyl (C=O) groups is 2. The molecule has 37 heavy (non-hydrogen) atoms. The van der Waals surface area contributed by atoms with Crippen molar-refractivity contribution in [2.24, 2.45) is 5.92 Å². The monoisotopic (exact) mass is 531 g/mol. The molecule has 2 aliphatic heterocycles. The maximum Gasteiger partial charge on any atom is 0.265 e. The lowest BCUT2D eigenvalue weighted by Crippen LogP contribution is -2.45. The Morgan fingerprint density at radius 3 is 2.51 bits per heavy atom. The van der Waals surface area contributed by atoms with Gasteiger partial charge in [0.2, 0.25) is 15.9 Å². The molecule has 0 aromatic heterocycles. The smallest absolute Gasteiger partial charge is 0.265 e. The van der Waals surface area contributed by atoms with Crippen LogP contribution < -0.4 is 24.4 Å². The summed E-state index contributed by atoms with van der Waals surface area (Å²) >= 11 is 0. The molecular formula is C26H33N3O7S. The number of nitrogens with zero attached hydrogens (tertiary/aromatic N) is 2. The van der Waals surface area contributed by atoms with E-state index < -0.39 is 15.9 Å². The van der Waals surface area contributed by atoms with Crippen molar-refractivity contribution in [3.05, 3.63) is 42.0 Å². The highest BCUT2D eigenvalue weighted by Gasteiger charge is 2.32. The van der Waals surface area contributed by atoms with Crippen molar-refractivity contribution in [3.8, 4) is 17.2 Å². The van der Waals surface area contributed by atoms with Gasteiger partial charge in [0.05, 0.1) is 24.8 Å². The van der Waals surface area contributed by atoms with Crippen molar-refractivity contribution < 1.29 is 32.2 Å². The van der Waals surface area contributed by atoms with E-state index in [0.717, 1.165) is 18.4 Å². The summed E-state index contributed by atoms with van der Waals surface area (Å²) in [6.45, 7) is 2.92. The van der Waals surface area contributed by atoms with E-state index >= 15 is 0 Å². The molecule has 0 unspecified atom stereocenters. The molecule has 2 aromatic rings. The molecule has 2 amide bonds. The first-order chi connectivity index (χ1) is 17.7. The van der Waals surface area contributed by atoms with Gasteiger partial charge in [0, 0.05) is 19.6 Å². The van der Waals surface area contributed by atoms with Gasteiger partial charge in [0.25, 0.3) is 5.91 Å². The number of rotatable bonds is 9. The first kappa shape index (κ1) is 26.7. The van der Waals surface area contributed by atoms with Crippen molar-refractivity contribution in [2.45, 2.75) is 31.1 Å². The maximum absolute atomic E-state index is 13.2. The number of amides is 2. The first-order valence-electron chi connectivity index (χ1n) is 12.3. The molecule has 0 saturated carbocycles. The number of benzene rings is 2. The molecule has 0 spiro atoms. The van der Waals surface area contributed by atoms with Crippen LogP contribution in [0.3, 0.4) is 0 Å². The molecule has 4 rings (SSSR count). The van der Waals surface area contributed by atoms with Crippen LogP contribution in [0.1, 0.15) is 25.3 Å². The van der Waals surface area contributed by atoms with Gasteiger partial charge in [-0.05, 0) is 61.1 Å². The Hall–Kier alpha value is -3.31. The van der Waals surface area contributed by atoms with E-state index in [1.54, 1.807) is 26.4 Å². The summed E-state index contributed by atoms with van der Waals surface area (Å²) in [5.41, 5.74) is 1.23. The molecule has 1 fully saturated rings. The SMILES string of the molecule is COc1ccc(CCNC(=O)CN2C(=O)COc3ccc(S(=O)(=O)N4CCC(C)CC4)cc32)cc1OC. The zero-order chi connectivity index (χ0) is 26.6. The van der Waals surface area contributed by atoms with Gasteiger partial charge >= 0.3 is 0 Å². The molecule has 10 nitrogen and oxygen atoms in total. The number of ether oxygens (including phenoxy) is 3. The number of hydrogen-bond donors (Lipinski definition) is 1. The number of anilines is 1. The Labute approximate surface area is 217 Å². The van der Waals surface area contributed by atoms with E-state index in [2.05, 4.69) is 12.2 Å². The van der Waals surface area contributed by atoms with Gasteiger partial charge in [-0.2, -0.15) is 4.31 Å². The third-order valence-corrected chi connectivity index (χ3v) is 8.63. The molecule has 2 aliphatic rings.